The summed E-state index contributed by atoms with van der Waals surface area (Å²) in [4.78, 5) is 26.3. The Morgan fingerprint density at radius 1 is 0.425 bits per heavy atom. The normalized spacial score (nSPS) is 12.2. The van der Waals surface area contributed by atoms with Gasteiger partial charge in [-0.2, -0.15) is 0 Å². The van der Waals surface area contributed by atoms with Crippen LogP contribution in [-0.2, 0) is 0 Å². The molecule has 198 valence electrons. The highest BCUT2D eigenvalue weighted by Gasteiger charge is 2.20. The van der Waals surface area contributed by atoms with Crippen LogP contribution in [0.5, 0.6) is 0 Å². The minimum absolute atomic E-state index is 0.0789. The maximum Gasteiger partial charge on any atom is 0.165 e. The Morgan fingerprint density at radius 2 is 0.725 bits per heavy atom. The fraction of sp³-hybridized carbons (Fsp3) is 0.111. The maximum atomic E-state index is 13.2. The molecule has 0 bridgehead atoms. The van der Waals surface area contributed by atoms with Crippen molar-refractivity contribution in [2.75, 3.05) is 10.6 Å². The Morgan fingerprint density at radius 3 is 1.05 bits per heavy atom. The van der Waals surface area contributed by atoms with Crippen molar-refractivity contribution >= 4 is 22.9 Å². The van der Waals surface area contributed by atoms with E-state index >= 15 is 0 Å². The van der Waals surface area contributed by atoms with Gasteiger partial charge >= 0.3 is 0 Å². The van der Waals surface area contributed by atoms with Crippen molar-refractivity contribution in [2.24, 2.45) is 0 Å². The second-order valence-electron chi connectivity index (χ2n) is 9.78. The third-order valence-corrected chi connectivity index (χ3v) is 6.94. The van der Waals surface area contributed by atoms with Crippen molar-refractivity contribution in [3.05, 3.63) is 168 Å². The number of Topliss-reactive ketones (excluding diaryl/α,β-unsaturated/α-hetero) is 2. The Bertz CT molecular complexity index is 1390. The van der Waals surface area contributed by atoms with E-state index in [0.29, 0.717) is 24.0 Å². The molecule has 0 saturated carbocycles. The molecule has 0 aliphatic carbocycles. The van der Waals surface area contributed by atoms with Gasteiger partial charge in [0.05, 0.1) is 12.1 Å². The number of carbonyl (C=O) groups is 2. The molecule has 0 heterocycles. The number of anilines is 2. The van der Waals surface area contributed by atoms with E-state index in [1.54, 1.807) is 0 Å². The highest BCUT2D eigenvalue weighted by molar-refractivity contribution is 5.97. The lowest BCUT2D eigenvalue weighted by Crippen LogP contribution is -2.17. The van der Waals surface area contributed by atoms with Crippen LogP contribution in [0.1, 0.15) is 56.8 Å². The standard InChI is InChI=1S/C36H32N2O2/c39-35(29-13-5-1-6-14-29)25-33(37-31-17-9-3-10-18-31)27-21-23-28(24-22-27)34(38-32-19-11-4-12-20-32)26-36(40)30-15-7-2-8-16-30/h1-24,33-34,37-38H,25-26H2. The quantitative estimate of drug-likeness (QED) is 0.161. The zero-order chi connectivity index (χ0) is 27.6. The SMILES string of the molecule is O=C(CC(Nc1ccccc1)c1ccc(C(CC(=O)c2ccccc2)Nc2ccccc2)cc1)c1ccccc1. The van der Waals surface area contributed by atoms with E-state index in [2.05, 4.69) is 34.9 Å². The van der Waals surface area contributed by atoms with Crippen LogP contribution < -0.4 is 10.6 Å². The summed E-state index contributed by atoms with van der Waals surface area (Å²) >= 11 is 0. The highest BCUT2D eigenvalue weighted by atomic mass is 16.1. The summed E-state index contributed by atoms with van der Waals surface area (Å²) in [6.45, 7) is 0. The smallest absolute Gasteiger partial charge is 0.165 e. The van der Waals surface area contributed by atoms with Crippen molar-refractivity contribution in [1.82, 2.24) is 0 Å². The van der Waals surface area contributed by atoms with Crippen molar-refractivity contribution < 1.29 is 9.59 Å². The maximum absolute atomic E-state index is 13.2. The highest BCUT2D eigenvalue weighted by Crippen LogP contribution is 2.29. The van der Waals surface area contributed by atoms with Crippen molar-refractivity contribution in [2.45, 2.75) is 24.9 Å². The molecule has 0 amide bonds. The van der Waals surface area contributed by atoms with E-state index in [9.17, 15) is 9.59 Å². The second kappa shape index (κ2) is 13.2. The average molecular weight is 525 g/mol. The fourth-order valence-electron chi connectivity index (χ4n) is 4.79. The summed E-state index contributed by atoms with van der Waals surface area (Å²) in [7, 11) is 0. The number of rotatable bonds is 12. The van der Waals surface area contributed by atoms with Crippen LogP contribution in [-0.4, -0.2) is 11.6 Å². The number of ketones is 2. The molecule has 2 atom stereocenters. The van der Waals surface area contributed by atoms with Gasteiger partial charge in [-0.1, -0.05) is 121 Å². The number of benzene rings is 5. The number of hydrogen-bond donors (Lipinski definition) is 2. The molecular formula is C36H32N2O2. The number of nitrogens with one attached hydrogen (secondary N) is 2. The fourth-order valence-corrected chi connectivity index (χ4v) is 4.79. The first-order valence-corrected chi connectivity index (χ1v) is 13.6. The molecule has 5 aromatic carbocycles. The van der Waals surface area contributed by atoms with Gasteiger partial charge in [0.2, 0.25) is 0 Å². The predicted molar refractivity (Wildman–Crippen MR) is 163 cm³/mol. The third-order valence-electron chi connectivity index (χ3n) is 6.94. The van der Waals surface area contributed by atoms with Gasteiger partial charge in [-0.25, -0.2) is 0 Å². The lowest BCUT2D eigenvalue weighted by Gasteiger charge is -2.23. The molecule has 2 unspecified atom stereocenters. The zero-order valence-corrected chi connectivity index (χ0v) is 22.2. The van der Waals surface area contributed by atoms with Crippen LogP contribution in [0.25, 0.3) is 0 Å². The first-order chi connectivity index (χ1) is 19.7. The molecule has 4 heteroatoms. The molecule has 0 aromatic heterocycles. The van der Waals surface area contributed by atoms with E-state index in [4.69, 9.17) is 0 Å². The molecule has 5 aromatic rings. The van der Waals surface area contributed by atoms with Gasteiger partial charge in [-0.05, 0) is 35.4 Å². The van der Waals surface area contributed by atoms with Gasteiger partial charge in [0.15, 0.2) is 11.6 Å². The van der Waals surface area contributed by atoms with Crippen LogP contribution in [0.3, 0.4) is 0 Å². The molecule has 0 aliphatic heterocycles. The van der Waals surface area contributed by atoms with Crippen molar-refractivity contribution in [3.8, 4) is 0 Å². The number of para-hydroxylation sites is 2. The minimum Gasteiger partial charge on any atom is -0.378 e. The minimum atomic E-state index is -0.212. The summed E-state index contributed by atoms with van der Waals surface area (Å²) < 4.78 is 0. The lowest BCUT2D eigenvalue weighted by molar-refractivity contribution is 0.0968. The largest absolute Gasteiger partial charge is 0.378 e. The molecule has 0 spiro atoms. The molecule has 2 N–H and O–H groups in total. The van der Waals surface area contributed by atoms with Crippen LogP contribution in [0.2, 0.25) is 0 Å². The van der Waals surface area contributed by atoms with Crippen molar-refractivity contribution in [1.29, 1.82) is 0 Å². The molecule has 0 fully saturated rings. The van der Waals surface area contributed by atoms with Gasteiger partial charge in [0.1, 0.15) is 0 Å². The Kier molecular flexibility index (Phi) is 8.80. The molecule has 0 saturated heterocycles. The van der Waals surface area contributed by atoms with Gasteiger partial charge in [0.25, 0.3) is 0 Å². The van der Waals surface area contributed by atoms with Crippen LogP contribution in [0.15, 0.2) is 146 Å². The van der Waals surface area contributed by atoms with Crippen LogP contribution in [0.4, 0.5) is 11.4 Å². The van der Waals surface area contributed by atoms with Crippen LogP contribution >= 0.6 is 0 Å². The Labute approximate surface area is 235 Å². The van der Waals surface area contributed by atoms with Gasteiger partial charge < -0.3 is 10.6 Å². The predicted octanol–water partition coefficient (Wildman–Crippen LogP) is 8.54. The van der Waals surface area contributed by atoms with E-state index < -0.39 is 0 Å². The van der Waals surface area contributed by atoms with E-state index in [-0.39, 0.29) is 23.7 Å². The first-order valence-electron chi connectivity index (χ1n) is 13.6. The van der Waals surface area contributed by atoms with E-state index in [0.717, 1.165) is 22.5 Å². The Balaban J connectivity index is 1.40. The molecule has 4 nitrogen and oxygen atoms in total. The first kappa shape index (κ1) is 26.6. The summed E-state index contributed by atoms with van der Waals surface area (Å²) in [5.41, 5.74) is 5.31. The summed E-state index contributed by atoms with van der Waals surface area (Å²) in [5.74, 6) is 0.158. The molecular weight excluding hydrogens is 492 g/mol. The summed E-state index contributed by atoms with van der Waals surface area (Å²) in [5, 5.41) is 7.10. The van der Waals surface area contributed by atoms with Crippen LogP contribution in [0, 0.1) is 0 Å². The summed E-state index contributed by atoms with van der Waals surface area (Å²) in [6, 6.07) is 46.5. The topological polar surface area (TPSA) is 58.2 Å². The van der Waals surface area contributed by atoms with Crippen molar-refractivity contribution in [3.63, 3.8) is 0 Å². The average Bonchev–Trinajstić information content (AvgIpc) is 3.02. The van der Waals surface area contributed by atoms with E-state index in [1.807, 2.05) is 121 Å². The van der Waals surface area contributed by atoms with Gasteiger partial charge in [0, 0.05) is 35.3 Å². The van der Waals surface area contributed by atoms with Gasteiger partial charge in [-0.3, -0.25) is 9.59 Å². The second-order valence-corrected chi connectivity index (χ2v) is 9.78. The number of carbonyl (C=O) groups excluding carboxylic acids is 2. The monoisotopic (exact) mass is 524 g/mol. The van der Waals surface area contributed by atoms with E-state index in [1.165, 1.54) is 0 Å². The molecule has 0 radical (unpaired) electrons. The van der Waals surface area contributed by atoms with Gasteiger partial charge in [-0.15, -0.1) is 0 Å². The number of hydrogen-bond acceptors (Lipinski definition) is 4. The molecule has 5 rings (SSSR count). The third kappa shape index (κ3) is 7.12. The zero-order valence-electron chi connectivity index (χ0n) is 22.2. The Hall–Kier alpha value is -4.96. The lowest BCUT2D eigenvalue weighted by atomic mass is 9.93. The molecule has 0 aliphatic rings. The molecule has 40 heavy (non-hydrogen) atoms. The summed E-state index contributed by atoms with van der Waals surface area (Å²) in [6.07, 6.45) is 0.632.